The average molecular weight is 370 g/mol. The Balaban J connectivity index is 1.58. The molecular formula is C20H26N4O3. The summed E-state index contributed by atoms with van der Waals surface area (Å²) in [6, 6.07) is 5.47. The van der Waals surface area contributed by atoms with Gasteiger partial charge in [0.1, 0.15) is 0 Å². The molecule has 2 fully saturated rings. The lowest BCUT2D eigenvalue weighted by Crippen LogP contribution is -2.44. The van der Waals surface area contributed by atoms with Gasteiger partial charge in [0, 0.05) is 55.2 Å². The van der Waals surface area contributed by atoms with E-state index in [4.69, 9.17) is 15.2 Å². The number of aromatic nitrogens is 1. The molecule has 3 heterocycles. The fourth-order valence-corrected chi connectivity index (χ4v) is 3.87. The SMILES string of the molecule is NC(C(=O)Nc1ccc(N2CCOCC2)c2ccncc12)C1CCOCC1. The average Bonchev–Trinajstić information content (AvgIpc) is 2.74. The number of fused-ring (bicyclic) bond motifs is 1. The smallest absolute Gasteiger partial charge is 0.241 e. The number of nitrogens with two attached hydrogens (primary N) is 1. The van der Waals surface area contributed by atoms with Gasteiger partial charge >= 0.3 is 0 Å². The molecule has 4 rings (SSSR count). The Labute approximate surface area is 158 Å². The van der Waals surface area contributed by atoms with Crippen LogP contribution in [0.25, 0.3) is 10.8 Å². The van der Waals surface area contributed by atoms with Crippen LogP contribution in [0.5, 0.6) is 0 Å². The third-order valence-corrected chi connectivity index (χ3v) is 5.48. The van der Waals surface area contributed by atoms with Gasteiger partial charge in [-0.1, -0.05) is 0 Å². The Bertz CT molecular complexity index is 801. The monoisotopic (exact) mass is 370 g/mol. The molecule has 3 N–H and O–H groups in total. The molecule has 2 aromatic rings. The number of hydrogen-bond donors (Lipinski definition) is 2. The van der Waals surface area contributed by atoms with Gasteiger partial charge in [-0.05, 0) is 37.0 Å². The highest BCUT2D eigenvalue weighted by atomic mass is 16.5. The van der Waals surface area contributed by atoms with Crippen LogP contribution in [0.4, 0.5) is 11.4 Å². The van der Waals surface area contributed by atoms with Crippen molar-refractivity contribution in [2.75, 3.05) is 49.7 Å². The second kappa shape index (κ2) is 8.21. The summed E-state index contributed by atoms with van der Waals surface area (Å²) < 4.78 is 10.8. The van der Waals surface area contributed by atoms with Crippen molar-refractivity contribution < 1.29 is 14.3 Å². The molecule has 2 aliphatic heterocycles. The van der Waals surface area contributed by atoms with Crippen LogP contribution in [0.1, 0.15) is 12.8 Å². The lowest BCUT2D eigenvalue weighted by atomic mass is 9.92. The number of pyridine rings is 1. The van der Waals surface area contributed by atoms with Crippen molar-refractivity contribution in [1.82, 2.24) is 4.98 Å². The highest BCUT2D eigenvalue weighted by Crippen LogP contribution is 2.32. The predicted octanol–water partition coefficient (Wildman–Crippen LogP) is 1.76. The fraction of sp³-hybridized carbons (Fsp3) is 0.500. The van der Waals surface area contributed by atoms with Crippen molar-refractivity contribution in [3.05, 3.63) is 30.6 Å². The van der Waals surface area contributed by atoms with E-state index in [1.165, 1.54) is 0 Å². The van der Waals surface area contributed by atoms with Crippen LogP contribution in [0.15, 0.2) is 30.6 Å². The molecule has 1 aromatic carbocycles. The minimum Gasteiger partial charge on any atom is -0.381 e. The van der Waals surface area contributed by atoms with Crippen LogP contribution in [0.2, 0.25) is 0 Å². The maximum absolute atomic E-state index is 12.7. The Morgan fingerprint density at radius 3 is 2.63 bits per heavy atom. The Morgan fingerprint density at radius 1 is 1.11 bits per heavy atom. The Kier molecular flexibility index (Phi) is 5.52. The summed E-state index contributed by atoms with van der Waals surface area (Å²) in [6.07, 6.45) is 5.24. The van der Waals surface area contributed by atoms with Crippen molar-refractivity contribution in [3.8, 4) is 0 Å². The van der Waals surface area contributed by atoms with Crippen molar-refractivity contribution >= 4 is 28.1 Å². The quantitative estimate of drug-likeness (QED) is 0.852. The van der Waals surface area contributed by atoms with E-state index in [1.54, 1.807) is 12.4 Å². The molecule has 1 atom stereocenters. The Hall–Kier alpha value is -2.22. The zero-order valence-corrected chi connectivity index (χ0v) is 15.4. The molecule has 7 heteroatoms. The van der Waals surface area contributed by atoms with Gasteiger partial charge in [0.25, 0.3) is 0 Å². The van der Waals surface area contributed by atoms with E-state index in [2.05, 4.69) is 21.3 Å². The number of carbonyl (C=O) groups is 1. The van der Waals surface area contributed by atoms with E-state index >= 15 is 0 Å². The van der Waals surface area contributed by atoms with Crippen molar-refractivity contribution in [3.63, 3.8) is 0 Å². The molecule has 2 saturated heterocycles. The van der Waals surface area contributed by atoms with Crippen LogP contribution in [0, 0.1) is 5.92 Å². The number of rotatable bonds is 4. The molecule has 27 heavy (non-hydrogen) atoms. The highest BCUT2D eigenvalue weighted by molar-refractivity contribution is 6.07. The predicted molar refractivity (Wildman–Crippen MR) is 105 cm³/mol. The van der Waals surface area contributed by atoms with E-state index in [0.29, 0.717) is 13.2 Å². The minimum absolute atomic E-state index is 0.147. The van der Waals surface area contributed by atoms with Crippen LogP contribution >= 0.6 is 0 Å². The number of amides is 1. The molecule has 7 nitrogen and oxygen atoms in total. The normalized spacial score (nSPS) is 19.8. The first-order valence-electron chi connectivity index (χ1n) is 9.57. The van der Waals surface area contributed by atoms with Gasteiger partial charge in [-0.2, -0.15) is 0 Å². The minimum atomic E-state index is -0.528. The summed E-state index contributed by atoms with van der Waals surface area (Å²) in [7, 11) is 0. The van der Waals surface area contributed by atoms with Gasteiger partial charge in [-0.15, -0.1) is 0 Å². The van der Waals surface area contributed by atoms with E-state index in [1.807, 2.05) is 12.1 Å². The number of morpholine rings is 1. The number of ether oxygens (including phenoxy) is 2. The van der Waals surface area contributed by atoms with Gasteiger partial charge in [0.05, 0.1) is 24.9 Å². The van der Waals surface area contributed by atoms with Gasteiger partial charge < -0.3 is 25.4 Å². The molecule has 0 radical (unpaired) electrons. The maximum atomic E-state index is 12.7. The molecule has 1 amide bonds. The van der Waals surface area contributed by atoms with Crippen LogP contribution in [-0.2, 0) is 14.3 Å². The molecule has 0 spiro atoms. The van der Waals surface area contributed by atoms with Gasteiger partial charge in [-0.3, -0.25) is 9.78 Å². The summed E-state index contributed by atoms with van der Waals surface area (Å²) in [5.74, 6) is 0.0157. The molecule has 0 aliphatic carbocycles. The summed E-state index contributed by atoms with van der Waals surface area (Å²) >= 11 is 0. The zero-order valence-electron chi connectivity index (χ0n) is 15.4. The lowest BCUT2D eigenvalue weighted by Gasteiger charge is -2.30. The molecule has 144 valence electrons. The van der Waals surface area contributed by atoms with Gasteiger partial charge in [-0.25, -0.2) is 0 Å². The van der Waals surface area contributed by atoms with E-state index in [-0.39, 0.29) is 11.8 Å². The second-order valence-corrected chi connectivity index (χ2v) is 7.12. The molecular weight excluding hydrogens is 344 g/mol. The van der Waals surface area contributed by atoms with Crippen LogP contribution < -0.4 is 16.0 Å². The molecule has 1 aromatic heterocycles. The van der Waals surface area contributed by atoms with Gasteiger partial charge in [0.2, 0.25) is 5.91 Å². The van der Waals surface area contributed by atoms with Gasteiger partial charge in [0.15, 0.2) is 0 Å². The Morgan fingerprint density at radius 2 is 1.85 bits per heavy atom. The summed E-state index contributed by atoms with van der Waals surface area (Å²) in [6.45, 7) is 4.52. The van der Waals surface area contributed by atoms with Crippen molar-refractivity contribution in [2.24, 2.45) is 11.7 Å². The number of anilines is 2. The standard InChI is InChI=1S/C20H26N4O3/c21-19(14-4-9-26-10-5-14)20(25)23-17-1-2-18(24-7-11-27-12-8-24)15-3-6-22-13-16(15)17/h1-3,6,13-14,19H,4-5,7-12,21H2,(H,23,25). The van der Waals surface area contributed by atoms with Crippen molar-refractivity contribution in [1.29, 1.82) is 0 Å². The summed E-state index contributed by atoms with van der Waals surface area (Å²) in [5, 5.41) is 5.02. The number of nitrogens with zero attached hydrogens (tertiary/aromatic N) is 2. The maximum Gasteiger partial charge on any atom is 0.241 e. The van der Waals surface area contributed by atoms with Crippen LogP contribution in [-0.4, -0.2) is 56.5 Å². The number of benzene rings is 1. The summed E-state index contributed by atoms with van der Waals surface area (Å²) in [5.41, 5.74) is 8.12. The topological polar surface area (TPSA) is 89.7 Å². The third kappa shape index (κ3) is 3.90. The first-order chi connectivity index (χ1) is 13.2. The number of nitrogens with one attached hydrogen (secondary N) is 1. The van der Waals surface area contributed by atoms with Crippen LogP contribution in [0.3, 0.4) is 0 Å². The fourth-order valence-electron chi connectivity index (χ4n) is 3.87. The largest absolute Gasteiger partial charge is 0.381 e. The number of hydrogen-bond acceptors (Lipinski definition) is 6. The van der Waals surface area contributed by atoms with E-state index in [0.717, 1.165) is 61.3 Å². The highest BCUT2D eigenvalue weighted by Gasteiger charge is 2.27. The van der Waals surface area contributed by atoms with E-state index in [9.17, 15) is 4.79 Å². The lowest BCUT2D eigenvalue weighted by molar-refractivity contribution is -0.119. The van der Waals surface area contributed by atoms with E-state index < -0.39 is 6.04 Å². The summed E-state index contributed by atoms with van der Waals surface area (Å²) in [4.78, 5) is 19.3. The zero-order chi connectivity index (χ0) is 18.6. The molecule has 0 saturated carbocycles. The first-order valence-corrected chi connectivity index (χ1v) is 9.57. The molecule has 0 bridgehead atoms. The molecule has 2 aliphatic rings. The third-order valence-electron chi connectivity index (χ3n) is 5.48. The molecule has 1 unspecified atom stereocenters. The second-order valence-electron chi connectivity index (χ2n) is 7.12. The number of carbonyl (C=O) groups excluding carboxylic acids is 1. The first kappa shape index (κ1) is 18.2. The van der Waals surface area contributed by atoms with Crippen molar-refractivity contribution in [2.45, 2.75) is 18.9 Å².